The smallest absolute Gasteiger partial charge is 0.0621 e. The Kier molecular flexibility index (Phi) is 4.39. The van der Waals surface area contributed by atoms with Crippen molar-refractivity contribution in [2.75, 3.05) is 0 Å². The van der Waals surface area contributed by atoms with Gasteiger partial charge in [-0.1, -0.05) is 18.2 Å². The molecule has 44 valence electrons. The van der Waals surface area contributed by atoms with Crippen LogP contribution in [0.3, 0.4) is 0 Å². The van der Waals surface area contributed by atoms with E-state index >= 15 is 0 Å². The minimum Gasteiger partial charge on any atom is -0.198 e. The topological polar surface area (TPSA) is 23.8 Å². The molecular formula is C6H8ClN. The lowest BCUT2D eigenvalue weighted by Gasteiger charge is -1.88. The number of nitriles is 1. The van der Waals surface area contributed by atoms with Gasteiger partial charge in [0.2, 0.25) is 0 Å². The lowest BCUT2D eigenvalue weighted by atomic mass is 10.2. The molecule has 8 heavy (non-hydrogen) atoms. The molecule has 0 saturated heterocycles. The predicted octanol–water partition coefficient (Wildman–Crippen LogP) is 2.43. The number of hydrogen-bond donors (Lipinski definition) is 0. The molecule has 0 aliphatic carbocycles. The summed E-state index contributed by atoms with van der Waals surface area (Å²) < 4.78 is 0. The molecule has 1 nitrogen and oxygen atoms in total. The summed E-state index contributed by atoms with van der Waals surface area (Å²) in [7, 11) is 0. The van der Waals surface area contributed by atoms with Crippen LogP contribution in [0.1, 0.15) is 19.3 Å². The lowest BCUT2D eigenvalue weighted by Crippen LogP contribution is -1.70. The molecule has 0 amide bonds. The van der Waals surface area contributed by atoms with E-state index in [1.165, 1.54) is 0 Å². The van der Waals surface area contributed by atoms with E-state index in [4.69, 9.17) is 16.9 Å². The molecule has 0 radical (unpaired) electrons. The summed E-state index contributed by atoms with van der Waals surface area (Å²) in [5.41, 5.74) is 0. The van der Waals surface area contributed by atoms with E-state index < -0.39 is 0 Å². The quantitative estimate of drug-likeness (QED) is 0.537. The van der Waals surface area contributed by atoms with Crippen LogP contribution in [-0.4, -0.2) is 0 Å². The predicted molar refractivity (Wildman–Crippen MR) is 34.5 cm³/mol. The lowest BCUT2D eigenvalue weighted by molar-refractivity contribution is 0.868. The molecule has 0 saturated carbocycles. The third-order valence-electron chi connectivity index (χ3n) is 0.737. The third kappa shape index (κ3) is 5.52. The van der Waals surface area contributed by atoms with Crippen LogP contribution in [-0.2, 0) is 0 Å². The van der Waals surface area contributed by atoms with Gasteiger partial charge in [-0.2, -0.15) is 5.26 Å². The third-order valence-corrected chi connectivity index (χ3v) is 0.926. The number of unbranched alkanes of at least 4 members (excludes halogenated alkanes) is 1. The number of nitrogens with zero attached hydrogens (tertiary/aromatic N) is 1. The molecule has 0 atom stereocenters. The van der Waals surface area contributed by atoms with Gasteiger partial charge >= 0.3 is 0 Å². The maximum atomic E-state index is 8.06. The zero-order valence-corrected chi connectivity index (χ0v) is 5.41. The highest BCUT2D eigenvalue weighted by molar-refractivity contribution is 6.29. The minimum atomic E-state index is 0.575. The Balaban J connectivity index is 2.97. The summed E-state index contributed by atoms with van der Waals surface area (Å²) in [5.74, 6) is 0. The van der Waals surface area contributed by atoms with Gasteiger partial charge in [0.05, 0.1) is 6.07 Å². The van der Waals surface area contributed by atoms with Crippen LogP contribution < -0.4 is 0 Å². The van der Waals surface area contributed by atoms with Crippen LogP contribution in [0.2, 0.25) is 0 Å². The fourth-order valence-electron chi connectivity index (χ4n) is 0.359. The van der Waals surface area contributed by atoms with E-state index in [0.29, 0.717) is 11.5 Å². The van der Waals surface area contributed by atoms with Crippen LogP contribution in [0.25, 0.3) is 0 Å². The molecule has 0 unspecified atom stereocenters. The maximum absolute atomic E-state index is 8.06. The van der Waals surface area contributed by atoms with Crippen molar-refractivity contribution in [3.63, 3.8) is 0 Å². The molecule has 0 bridgehead atoms. The van der Waals surface area contributed by atoms with Crippen molar-refractivity contribution in [3.05, 3.63) is 11.6 Å². The van der Waals surface area contributed by atoms with Crippen molar-refractivity contribution >= 4 is 11.6 Å². The van der Waals surface area contributed by atoms with Gasteiger partial charge in [-0.3, -0.25) is 0 Å². The molecule has 2 heteroatoms. The van der Waals surface area contributed by atoms with Crippen molar-refractivity contribution in [1.82, 2.24) is 0 Å². The van der Waals surface area contributed by atoms with E-state index in [-0.39, 0.29) is 0 Å². The van der Waals surface area contributed by atoms with E-state index in [1.807, 2.05) is 6.07 Å². The summed E-state index contributed by atoms with van der Waals surface area (Å²) in [6, 6.07) is 2.02. The largest absolute Gasteiger partial charge is 0.198 e. The summed E-state index contributed by atoms with van der Waals surface area (Å²) in [6.07, 6.45) is 2.17. The number of hydrogen-bond acceptors (Lipinski definition) is 1. The van der Waals surface area contributed by atoms with Crippen molar-refractivity contribution in [2.24, 2.45) is 0 Å². The molecule has 0 aromatic carbocycles. The minimum absolute atomic E-state index is 0.575. The standard InChI is InChI=1S/C6H8ClN/c1-6(7)4-2-3-5-8/h1-4H2. The van der Waals surface area contributed by atoms with Gasteiger partial charge in [0.15, 0.2) is 0 Å². The van der Waals surface area contributed by atoms with E-state index in [1.54, 1.807) is 0 Å². The SMILES string of the molecule is C=C(Cl)CCCC#N. The summed E-state index contributed by atoms with van der Waals surface area (Å²) >= 11 is 5.41. The zero-order chi connectivity index (χ0) is 6.41. The Morgan fingerprint density at radius 2 is 2.38 bits per heavy atom. The monoisotopic (exact) mass is 129 g/mol. The van der Waals surface area contributed by atoms with Crippen molar-refractivity contribution in [1.29, 1.82) is 5.26 Å². The highest BCUT2D eigenvalue weighted by Crippen LogP contribution is 2.07. The maximum Gasteiger partial charge on any atom is 0.0621 e. The summed E-state index contributed by atoms with van der Waals surface area (Å²) in [5, 5.41) is 8.70. The molecule has 0 spiro atoms. The van der Waals surface area contributed by atoms with Gasteiger partial charge in [-0.05, 0) is 12.8 Å². The van der Waals surface area contributed by atoms with Gasteiger partial charge in [0.25, 0.3) is 0 Å². The van der Waals surface area contributed by atoms with Crippen LogP contribution in [0.5, 0.6) is 0 Å². The molecule has 0 aromatic rings. The second-order valence-electron chi connectivity index (χ2n) is 1.53. The molecule has 0 fully saturated rings. The molecular weight excluding hydrogens is 122 g/mol. The fourth-order valence-corrected chi connectivity index (χ4v) is 0.493. The molecule has 0 aliphatic rings. The summed E-state index contributed by atoms with van der Waals surface area (Å²) in [6.45, 7) is 3.48. The van der Waals surface area contributed by atoms with Crippen LogP contribution in [0.4, 0.5) is 0 Å². The number of allylic oxidation sites excluding steroid dienone is 1. The van der Waals surface area contributed by atoms with Crippen LogP contribution >= 0.6 is 11.6 Å². The first-order valence-corrected chi connectivity index (χ1v) is 2.85. The molecule has 0 aromatic heterocycles. The molecule has 0 aliphatic heterocycles. The second-order valence-corrected chi connectivity index (χ2v) is 2.06. The molecule has 0 heterocycles. The Hall–Kier alpha value is -0.480. The first-order chi connectivity index (χ1) is 3.77. The van der Waals surface area contributed by atoms with Gasteiger partial charge in [0.1, 0.15) is 0 Å². The second kappa shape index (κ2) is 4.67. The Labute approximate surface area is 54.6 Å². The average Bonchev–Trinajstić information content (AvgIpc) is 1.66. The van der Waals surface area contributed by atoms with Crippen molar-refractivity contribution < 1.29 is 0 Å². The average molecular weight is 130 g/mol. The van der Waals surface area contributed by atoms with Gasteiger partial charge in [0, 0.05) is 11.5 Å². The molecule has 0 rings (SSSR count). The zero-order valence-electron chi connectivity index (χ0n) is 4.65. The van der Waals surface area contributed by atoms with Gasteiger partial charge < -0.3 is 0 Å². The van der Waals surface area contributed by atoms with E-state index in [9.17, 15) is 0 Å². The van der Waals surface area contributed by atoms with E-state index in [2.05, 4.69) is 6.58 Å². The normalized spacial score (nSPS) is 8.00. The fraction of sp³-hybridized carbons (Fsp3) is 0.500. The van der Waals surface area contributed by atoms with Crippen LogP contribution in [0, 0.1) is 11.3 Å². The molecule has 0 N–H and O–H groups in total. The number of rotatable bonds is 3. The van der Waals surface area contributed by atoms with Gasteiger partial charge in [-0.25, -0.2) is 0 Å². The highest BCUT2D eigenvalue weighted by atomic mass is 35.5. The van der Waals surface area contributed by atoms with Gasteiger partial charge in [-0.15, -0.1) is 0 Å². The van der Waals surface area contributed by atoms with Crippen LogP contribution in [0.15, 0.2) is 11.6 Å². The van der Waals surface area contributed by atoms with Crippen molar-refractivity contribution in [2.45, 2.75) is 19.3 Å². The Bertz CT molecular complexity index is 112. The Morgan fingerprint density at radius 3 is 2.75 bits per heavy atom. The Morgan fingerprint density at radius 1 is 1.75 bits per heavy atom. The highest BCUT2D eigenvalue weighted by Gasteiger charge is 1.86. The first-order valence-electron chi connectivity index (χ1n) is 2.47. The first kappa shape index (κ1) is 7.52. The van der Waals surface area contributed by atoms with E-state index in [0.717, 1.165) is 12.8 Å². The summed E-state index contributed by atoms with van der Waals surface area (Å²) in [4.78, 5) is 0. The number of halogens is 1. The van der Waals surface area contributed by atoms with Crippen molar-refractivity contribution in [3.8, 4) is 6.07 Å².